The van der Waals surface area contributed by atoms with Crippen LogP contribution in [0.5, 0.6) is 5.75 Å². The fourth-order valence-corrected chi connectivity index (χ4v) is 3.49. The third-order valence-electron chi connectivity index (χ3n) is 3.39. The third-order valence-corrected chi connectivity index (χ3v) is 4.98. The maximum atomic E-state index is 12.6. The summed E-state index contributed by atoms with van der Waals surface area (Å²) in [6.07, 6.45) is 0. The second-order valence-electron chi connectivity index (χ2n) is 5.01. The third kappa shape index (κ3) is 3.80. The first-order chi connectivity index (χ1) is 11.3. The van der Waals surface area contributed by atoms with E-state index in [0.29, 0.717) is 16.3 Å². The van der Waals surface area contributed by atoms with Crippen molar-refractivity contribution < 1.29 is 17.9 Å². The minimum atomic E-state index is -3.87. The van der Waals surface area contributed by atoms with E-state index in [9.17, 15) is 13.2 Å². The van der Waals surface area contributed by atoms with Crippen LogP contribution in [0, 0.1) is 6.92 Å². The van der Waals surface area contributed by atoms with Crippen molar-refractivity contribution in [3.63, 3.8) is 0 Å². The summed E-state index contributed by atoms with van der Waals surface area (Å²) in [4.78, 5) is 11.9. The molecule has 2 rings (SSSR count). The maximum absolute atomic E-state index is 12.6. The summed E-state index contributed by atoms with van der Waals surface area (Å²) in [6, 6.07) is 8.91. The summed E-state index contributed by atoms with van der Waals surface area (Å²) in [5.74, 6) is -0.150. The molecule has 128 valence electrons. The summed E-state index contributed by atoms with van der Waals surface area (Å²) in [7, 11) is -1.00. The van der Waals surface area contributed by atoms with Crippen molar-refractivity contribution in [2.45, 2.75) is 11.8 Å². The lowest BCUT2D eigenvalue weighted by molar-refractivity contribution is 0.0960. The Hall–Kier alpha value is -2.25. The standard InChI is InChI=1S/C16H17ClN2O4S/c1-10-8-11(17)4-6-14(10)19-24(21,22)12-5-7-15(23-3)13(9-12)16(20)18-2/h4-9,19H,1-3H3,(H,18,20). The lowest BCUT2D eigenvalue weighted by Crippen LogP contribution is -2.20. The van der Waals surface area contributed by atoms with Crippen LogP contribution in [0.2, 0.25) is 5.02 Å². The molecule has 0 aliphatic rings. The highest BCUT2D eigenvalue weighted by Crippen LogP contribution is 2.26. The number of benzene rings is 2. The fraction of sp³-hybridized carbons (Fsp3) is 0.188. The molecule has 6 nitrogen and oxygen atoms in total. The van der Waals surface area contributed by atoms with Crippen molar-refractivity contribution >= 4 is 33.2 Å². The molecule has 0 aromatic heterocycles. The van der Waals surface area contributed by atoms with Crippen LogP contribution in [0.3, 0.4) is 0 Å². The molecular formula is C16H17ClN2O4S. The summed E-state index contributed by atoms with van der Waals surface area (Å²) in [6.45, 7) is 1.74. The van der Waals surface area contributed by atoms with Crippen LogP contribution in [-0.2, 0) is 10.0 Å². The molecule has 0 aliphatic carbocycles. The average molecular weight is 369 g/mol. The van der Waals surface area contributed by atoms with Crippen LogP contribution in [-0.4, -0.2) is 28.5 Å². The molecule has 8 heteroatoms. The van der Waals surface area contributed by atoms with Crippen LogP contribution in [0.15, 0.2) is 41.3 Å². The average Bonchev–Trinajstić information content (AvgIpc) is 2.56. The number of hydrogen-bond acceptors (Lipinski definition) is 4. The zero-order valence-electron chi connectivity index (χ0n) is 13.4. The summed E-state index contributed by atoms with van der Waals surface area (Å²) < 4.78 is 32.8. The molecule has 0 unspecified atom stereocenters. The van der Waals surface area contributed by atoms with Crippen molar-refractivity contribution in [1.29, 1.82) is 0 Å². The van der Waals surface area contributed by atoms with E-state index < -0.39 is 15.9 Å². The molecule has 0 radical (unpaired) electrons. The van der Waals surface area contributed by atoms with E-state index in [4.69, 9.17) is 16.3 Å². The van der Waals surface area contributed by atoms with Crippen LogP contribution in [0.4, 0.5) is 5.69 Å². The number of carbonyl (C=O) groups excluding carboxylic acids is 1. The van der Waals surface area contributed by atoms with E-state index in [1.54, 1.807) is 25.1 Å². The Balaban J connectivity index is 2.44. The van der Waals surface area contributed by atoms with Crippen molar-refractivity contribution in [3.8, 4) is 5.75 Å². The van der Waals surface area contributed by atoms with Gasteiger partial charge in [-0.25, -0.2) is 8.42 Å². The van der Waals surface area contributed by atoms with Crippen LogP contribution in [0.1, 0.15) is 15.9 Å². The number of ether oxygens (including phenoxy) is 1. The van der Waals surface area contributed by atoms with E-state index >= 15 is 0 Å². The minimum Gasteiger partial charge on any atom is -0.496 e. The number of aryl methyl sites for hydroxylation is 1. The molecule has 0 aliphatic heterocycles. The predicted octanol–water partition coefficient (Wildman–Crippen LogP) is 2.82. The first-order valence-corrected chi connectivity index (χ1v) is 8.83. The number of anilines is 1. The normalized spacial score (nSPS) is 11.0. The smallest absolute Gasteiger partial charge is 0.261 e. The number of rotatable bonds is 5. The molecule has 1 amide bonds. The molecule has 2 aromatic carbocycles. The van der Waals surface area contributed by atoms with Gasteiger partial charge in [0.05, 0.1) is 23.3 Å². The monoisotopic (exact) mass is 368 g/mol. The molecule has 0 saturated heterocycles. The number of sulfonamides is 1. The SMILES string of the molecule is CNC(=O)c1cc(S(=O)(=O)Nc2ccc(Cl)cc2C)ccc1OC. The Labute approximate surface area is 145 Å². The van der Waals surface area contributed by atoms with E-state index in [1.807, 2.05) is 0 Å². The number of amides is 1. The number of nitrogens with one attached hydrogen (secondary N) is 2. The van der Waals surface area contributed by atoms with Gasteiger partial charge in [-0.15, -0.1) is 0 Å². The van der Waals surface area contributed by atoms with Gasteiger partial charge in [-0.05, 0) is 48.9 Å². The lowest BCUT2D eigenvalue weighted by atomic mass is 10.2. The molecule has 24 heavy (non-hydrogen) atoms. The summed E-state index contributed by atoms with van der Waals surface area (Å²) in [5.41, 5.74) is 1.23. The van der Waals surface area contributed by atoms with Gasteiger partial charge in [0.25, 0.3) is 15.9 Å². The molecule has 2 aromatic rings. The number of carbonyl (C=O) groups is 1. The Morgan fingerprint density at radius 2 is 1.88 bits per heavy atom. The van der Waals surface area contributed by atoms with Crippen LogP contribution < -0.4 is 14.8 Å². The minimum absolute atomic E-state index is 0.0451. The van der Waals surface area contributed by atoms with Crippen molar-refractivity contribution in [2.75, 3.05) is 18.9 Å². The molecule has 0 fully saturated rings. The van der Waals surface area contributed by atoms with E-state index in [2.05, 4.69) is 10.0 Å². The summed E-state index contributed by atoms with van der Waals surface area (Å²) >= 11 is 5.87. The highest BCUT2D eigenvalue weighted by Gasteiger charge is 2.20. The zero-order valence-corrected chi connectivity index (χ0v) is 15.0. The quantitative estimate of drug-likeness (QED) is 0.849. The molecule has 2 N–H and O–H groups in total. The van der Waals surface area contributed by atoms with Crippen LogP contribution >= 0.6 is 11.6 Å². The van der Waals surface area contributed by atoms with Crippen molar-refractivity contribution in [1.82, 2.24) is 5.32 Å². The number of methoxy groups -OCH3 is 1. The molecular weight excluding hydrogens is 352 g/mol. The van der Waals surface area contributed by atoms with Gasteiger partial charge >= 0.3 is 0 Å². The zero-order chi connectivity index (χ0) is 17.9. The summed E-state index contributed by atoms with van der Waals surface area (Å²) in [5, 5.41) is 2.97. The topological polar surface area (TPSA) is 84.5 Å². The second kappa shape index (κ2) is 7.11. The van der Waals surface area contributed by atoms with Gasteiger partial charge in [0.15, 0.2) is 0 Å². The van der Waals surface area contributed by atoms with Gasteiger partial charge < -0.3 is 10.1 Å². The van der Waals surface area contributed by atoms with Gasteiger partial charge in [0, 0.05) is 12.1 Å². The molecule has 0 spiro atoms. The van der Waals surface area contributed by atoms with Gasteiger partial charge in [-0.3, -0.25) is 9.52 Å². The first-order valence-electron chi connectivity index (χ1n) is 6.97. The Kier molecular flexibility index (Phi) is 5.36. The first kappa shape index (κ1) is 18.1. The largest absolute Gasteiger partial charge is 0.496 e. The molecule has 0 bridgehead atoms. The van der Waals surface area contributed by atoms with Gasteiger partial charge in [-0.2, -0.15) is 0 Å². The number of halogens is 1. The Morgan fingerprint density at radius 1 is 1.17 bits per heavy atom. The Bertz CT molecular complexity index is 882. The number of hydrogen-bond donors (Lipinski definition) is 2. The van der Waals surface area contributed by atoms with Crippen molar-refractivity contribution in [2.24, 2.45) is 0 Å². The van der Waals surface area contributed by atoms with Gasteiger partial charge in [-0.1, -0.05) is 11.6 Å². The molecule has 0 heterocycles. The van der Waals surface area contributed by atoms with E-state index in [-0.39, 0.29) is 16.2 Å². The van der Waals surface area contributed by atoms with Crippen molar-refractivity contribution in [3.05, 3.63) is 52.5 Å². The molecule has 0 atom stereocenters. The lowest BCUT2D eigenvalue weighted by Gasteiger charge is -2.13. The molecule has 0 saturated carbocycles. The Morgan fingerprint density at radius 3 is 2.46 bits per heavy atom. The van der Waals surface area contributed by atoms with E-state index in [0.717, 1.165) is 0 Å². The van der Waals surface area contributed by atoms with Gasteiger partial charge in [0.2, 0.25) is 0 Å². The highest BCUT2D eigenvalue weighted by atomic mass is 35.5. The fourth-order valence-electron chi connectivity index (χ4n) is 2.11. The highest BCUT2D eigenvalue weighted by molar-refractivity contribution is 7.92. The van der Waals surface area contributed by atoms with E-state index in [1.165, 1.54) is 32.4 Å². The predicted molar refractivity (Wildman–Crippen MR) is 93.4 cm³/mol. The van der Waals surface area contributed by atoms with Gasteiger partial charge in [0.1, 0.15) is 5.75 Å². The maximum Gasteiger partial charge on any atom is 0.261 e. The second-order valence-corrected chi connectivity index (χ2v) is 7.12. The van der Waals surface area contributed by atoms with Crippen LogP contribution in [0.25, 0.3) is 0 Å².